The first-order valence-electron chi connectivity index (χ1n) is 11.1. The molecule has 0 N–H and O–H groups in total. The summed E-state index contributed by atoms with van der Waals surface area (Å²) in [6.45, 7) is 5.29. The van der Waals surface area contributed by atoms with Crippen LogP contribution in [-0.2, 0) is 0 Å². The molecular weight excluding hydrogens is 368 g/mol. The molecule has 4 rings (SSSR count). The number of piperazine rings is 1. The maximum Gasteiger partial charge on any atom is 0.289 e. The Morgan fingerprint density at radius 1 is 1.21 bits per heavy atom. The van der Waals surface area contributed by atoms with E-state index in [1.165, 1.54) is 32.1 Å². The highest BCUT2D eigenvalue weighted by Crippen LogP contribution is 2.32. The van der Waals surface area contributed by atoms with E-state index < -0.39 is 0 Å². The van der Waals surface area contributed by atoms with Crippen molar-refractivity contribution >= 4 is 5.91 Å². The van der Waals surface area contributed by atoms with E-state index in [2.05, 4.69) is 32.0 Å². The van der Waals surface area contributed by atoms with Crippen LogP contribution in [0, 0.1) is 0 Å². The lowest BCUT2D eigenvalue weighted by Gasteiger charge is -2.39. The summed E-state index contributed by atoms with van der Waals surface area (Å²) in [5, 5.41) is 12.9. The van der Waals surface area contributed by atoms with Crippen molar-refractivity contribution in [2.45, 2.75) is 70.4 Å². The van der Waals surface area contributed by atoms with Gasteiger partial charge in [0.15, 0.2) is 11.6 Å². The Morgan fingerprint density at radius 2 is 2.00 bits per heavy atom. The van der Waals surface area contributed by atoms with Crippen LogP contribution in [0.5, 0.6) is 0 Å². The van der Waals surface area contributed by atoms with E-state index in [1.54, 1.807) is 18.4 Å². The minimum Gasteiger partial charge on any atom is -0.459 e. The molecule has 2 aromatic heterocycles. The van der Waals surface area contributed by atoms with Crippen molar-refractivity contribution < 1.29 is 9.21 Å². The van der Waals surface area contributed by atoms with Gasteiger partial charge in [-0.25, -0.2) is 4.68 Å². The van der Waals surface area contributed by atoms with Gasteiger partial charge >= 0.3 is 0 Å². The second-order valence-electron chi connectivity index (χ2n) is 8.24. The number of carbonyl (C=O) groups is 1. The van der Waals surface area contributed by atoms with E-state index in [-0.39, 0.29) is 11.9 Å². The molecule has 1 saturated carbocycles. The van der Waals surface area contributed by atoms with E-state index in [0.29, 0.717) is 24.9 Å². The van der Waals surface area contributed by atoms with E-state index in [0.717, 1.165) is 38.2 Å². The van der Waals surface area contributed by atoms with Gasteiger partial charge in [-0.1, -0.05) is 39.0 Å². The number of hydrogen-bond donors (Lipinski definition) is 0. The molecule has 1 aliphatic heterocycles. The van der Waals surface area contributed by atoms with Crippen LogP contribution in [0.3, 0.4) is 0 Å². The number of nitrogens with zero attached hydrogens (tertiary/aromatic N) is 6. The zero-order chi connectivity index (χ0) is 20.1. The Kier molecular flexibility index (Phi) is 6.59. The second-order valence-corrected chi connectivity index (χ2v) is 8.24. The molecule has 8 heteroatoms. The Hall–Kier alpha value is -2.22. The number of rotatable bonds is 7. The lowest BCUT2D eigenvalue weighted by molar-refractivity contribution is 0.0509. The van der Waals surface area contributed by atoms with E-state index in [4.69, 9.17) is 4.42 Å². The number of carbonyl (C=O) groups excluding carboxylic acids is 1. The summed E-state index contributed by atoms with van der Waals surface area (Å²) >= 11 is 0. The average molecular weight is 401 g/mol. The highest BCUT2D eigenvalue weighted by molar-refractivity contribution is 5.91. The molecule has 3 heterocycles. The smallest absolute Gasteiger partial charge is 0.289 e. The van der Waals surface area contributed by atoms with Crippen LogP contribution in [0.15, 0.2) is 22.8 Å². The molecule has 0 aromatic carbocycles. The van der Waals surface area contributed by atoms with Crippen LogP contribution < -0.4 is 0 Å². The van der Waals surface area contributed by atoms with E-state index in [9.17, 15) is 4.79 Å². The molecule has 0 unspecified atom stereocenters. The van der Waals surface area contributed by atoms with E-state index in [1.807, 2.05) is 4.90 Å². The monoisotopic (exact) mass is 400 g/mol. The first-order valence-corrected chi connectivity index (χ1v) is 11.1. The first-order chi connectivity index (χ1) is 14.3. The van der Waals surface area contributed by atoms with Gasteiger partial charge in [0.25, 0.3) is 5.91 Å². The highest BCUT2D eigenvalue weighted by Gasteiger charge is 2.32. The summed E-state index contributed by atoms with van der Waals surface area (Å²) in [5.41, 5.74) is 0. The third-order valence-corrected chi connectivity index (χ3v) is 6.34. The van der Waals surface area contributed by atoms with Gasteiger partial charge in [-0.05, 0) is 41.8 Å². The van der Waals surface area contributed by atoms with Crippen LogP contribution in [0.25, 0.3) is 0 Å². The van der Waals surface area contributed by atoms with Gasteiger partial charge in [0.2, 0.25) is 0 Å². The number of unbranched alkanes of at least 4 members (excludes halogenated alkanes) is 1. The molecular formula is C21H32N6O2. The third-order valence-electron chi connectivity index (χ3n) is 6.34. The molecule has 2 aliphatic rings. The Morgan fingerprint density at radius 3 is 2.69 bits per heavy atom. The van der Waals surface area contributed by atoms with Crippen LogP contribution >= 0.6 is 0 Å². The Bertz CT molecular complexity index is 760. The molecule has 158 valence electrons. The van der Waals surface area contributed by atoms with Gasteiger partial charge in [-0.2, -0.15) is 0 Å². The topological polar surface area (TPSA) is 80.3 Å². The number of furan rings is 1. The maximum absolute atomic E-state index is 12.6. The van der Waals surface area contributed by atoms with Crippen molar-refractivity contribution in [2.75, 3.05) is 26.2 Å². The molecule has 2 fully saturated rings. The third kappa shape index (κ3) is 4.52. The quantitative estimate of drug-likeness (QED) is 0.708. The molecule has 29 heavy (non-hydrogen) atoms. The first kappa shape index (κ1) is 20.1. The van der Waals surface area contributed by atoms with Crippen LogP contribution in [0.2, 0.25) is 0 Å². The lowest BCUT2D eigenvalue weighted by atomic mass is 9.95. The summed E-state index contributed by atoms with van der Waals surface area (Å²) in [6.07, 6.45) is 11.1. The summed E-state index contributed by atoms with van der Waals surface area (Å²) in [4.78, 5) is 16.9. The van der Waals surface area contributed by atoms with Gasteiger partial charge in [-0.15, -0.1) is 5.10 Å². The van der Waals surface area contributed by atoms with Crippen LogP contribution in [0.1, 0.15) is 86.8 Å². The summed E-state index contributed by atoms with van der Waals surface area (Å²) in [7, 11) is 0. The molecule has 0 bridgehead atoms. The summed E-state index contributed by atoms with van der Waals surface area (Å²) < 4.78 is 7.39. The summed E-state index contributed by atoms with van der Waals surface area (Å²) in [5.74, 6) is 1.41. The largest absolute Gasteiger partial charge is 0.459 e. The Labute approximate surface area is 172 Å². The van der Waals surface area contributed by atoms with Crippen LogP contribution in [0.4, 0.5) is 0 Å². The normalized spacial score (nSPS) is 20.1. The molecule has 1 aliphatic carbocycles. The molecule has 1 atom stereocenters. The molecule has 1 saturated heterocycles. The van der Waals surface area contributed by atoms with Gasteiger partial charge in [0.1, 0.15) is 0 Å². The molecule has 2 aromatic rings. The zero-order valence-corrected chi connectivity index (χ0v) is 17.4. The van der Waals surface area contributed by atoms with E-state index >= 15 is 0 Å². The second kappa shape index (κ2) is 9.52. The number of hydrogen-bond acceptors (Lipinski definition) is 6. The SMILES string of the molecule is CCCC[C@@H](c1nnnn1C1CCCCC1)N1CCN(C(=O)c2ccco2)CC1. The minimum atomic E-state index is -0.0215. The van der Waals surface area contributed by atoms with Gasteiger partial charge in [0.05, 0.1) is 18.3 Å². The molecule has 8 nitrogen and oxygen atoms in total. The molecule has 0 radical (unpaired) electrons. The number of aromatic nitrogens is 4. The average Bonchev–Trinajstić information content (AvgIpc) is 3.47. The summed E-state index contributed by atoms with van der Waals surface area (Å²) in [6, 6.07) is 4.14. The van der Waals surface area contributed by atoms with Gasteiger partial charge in [0, 0.05) is 26.2 Å². The predicted molar refractivity (Wildman–Crippen MR) is 108 cm³/mol. The fraction of sp³-hybridized carbons (Fsp3) is 0.714. The zero-order valence-electron chi connectivity index (χ0n) is 17.4. The van der Waals surface area contributed by atoms with Crippen molar-refractivity contribution in [1.29, 1.82) is 0 Å². The molecule has 0 spiro atoms. The van der Waals surface area contributed by atoms with Crippen molar-refractivity contribution in [2.24, 2.45) is 0 Å². The fourth-order valence-electron chi connectivity index (χ4n) is 4.67. The van der Waals surface area contributed by atoms with Crippen molar-refractivity contribution in [3.8, 4) is 0 Å². The van der Waals surface area contributed by atoms with Crippen LogP contribution in [-0.4, -0.2) is 62.1 Å². The fourth-order valence-corrected chi connectivity index (χ4v) is 4.67. The highest BCUT2D eigenvalue weighted by atomic mass is 16.3. The lowest BCUT2D eigenvalue weighted by Crippen LogP contribution is -2.50. The van der Waals surface area contributed by atoms with Crippen molar-refractivity contribution in [1.82, 2.24) is 30.0 Å². The van der Waals surface area contributed by atoms with Gasteiger partial charge in [-0.3, -0.25) is 9.69 Å². The predicted octanol–water partition coefficient (Wildman–Crippen LogP) is 3.46. The number of amides is 1. The molecule has 1 amide bonds. The van der Waals surface area contributed by atoms with Crippen molar-refractivity contribution in [3.05, 3.63) is 30.0 Å². The van der Waals surface area contributed by atoms with Crippen molar-refractivity contribution in [3.63, 3.8) is 0 Å². The Balaban J connectivity index is 1.46. The minimum absolute atomic E-state index is 0.0215. The standard InChI is InChI=1S/C21H32N6O2/c1-2-3-10-18(20-22-23-24-27(20)17-8-5-4-6-9-17)25-12-14-26(15-13-25)21(28)19-11-7-16-29-19/h7,11,16-18H,2-6,8-10,12-15H2,1H3/t18-/m0/s1. The maximum atomic E-state index is 12.6. The van der Waals surface area contributed by atoms with Gasteiger partial charge < -0.3 is 9.32 Å². The number of tetrazole rings is 1.